The second kappa shape index (κ2) is 8.26. The fourth-order valence-corrected chi connectivity index (χ4v) is 2.96. The van der Waals surface area contributed by atoms with E-state index in [0.717, 1.165) is 24.2 Å². The molecule has 6 nitrogen and oxygen atoms in total. The summed E-state index contributed by atoms with van der Waals surface area (Å²) in [6, 6.07) is 7.34. The maximum absolute atomic E-state index is 11.6. The lowest BCUT2D eigenvalue weighted by Gasteiger charge is -2.22. The molecule has 1 aliphatic rings. The summed E-state index contributed by atoms with van der Waals surface area (Å²) in [5.41, 5.74) is 1.24. The zero-order valence-electron chi connectivity index (χ0n) is 13.6. The van der Waals surface area contributed by atoms with E-state index in [0.29, 0.717) is 13.1 Å². The number of anilines is 2. The van der Waals surface area contributed by atoms with E-state index >= 15 is 0 Å². The van der Waals surface area contributed by atoms with Crippen molar-refractivity contribution in [3.05, 3.63) is 56.1 Å². The van der Waals surface area contributed by atoms with Crippen LogP contribution in [0.25, 0.3) is 0 Å². The summed E-state index contributed by atoms with van der Waals surface area (Å²) in [5, 5.41) is 17.7. The number of unbranched alkanes of at least 4 members (excludes halogenated alkanes) is 1. The zero-order valence-corrected chi connectivity index (χ0v) is 15.1. The van der Waals surface area contributed by atoms with Gasteiger partial charge in [-0.25, -0.2) is 0 Å². The van der Waals surface area contributed by atoms with Crippen molar-refractivity contribution in [2.45, 2.75) is 26.7 Å². The average molecular weight is 371 g/mol. The Bertz CT molecular complexity index is 661. The molecule has 0 spiro atoms. The Labute approximate surface area is 151 Å². The van der Waals surface area contributed by atoms with Crippen molar-refractivity contribution in [3.8, 4) is 0 Å². The molecule has 24 heavy (non-hydrogen) atoms. The van der Waals surface area contributed by atoms with Crippen molar-refractivity contribution in [2.24, 2.45) is 0 Å². The van der Waals surface area contributed by atoms with Gasteiger partial charge in [-0.2, -0.15) is 0 Å². The second-order valence-electron chi connectivity index (χ2n) is 5.31. The molecule has 0 aromatic heterocycles. The van der Waals surface area contributed by atoms with Crippen molar-refractivity contribution >= 4 is 34.6 Å². The standard InChI is InChI=1S/C16H20Cl2N4O2/c1-3-5-10-21(4-2)15(18)13(17)14(22(23)24)16-19-11-8-6-7-9-12(11)20-16/h6-9,19-20H,3-5,10H2,1-2H3/b15-13+. The Kier molecular flexibility index (Phi) is 6.34. The van der Waals surface area contributed by atoms with E-state index in [9.17, 15) is 10.1 Å². The maximum atomic E-state index is 11.6. The van der Waals surface area contributed by atoms with Gasteiger partial charge >= 0.3 is 5.70 Å². The topological polar surface area (TPSA) is 70.4 Å². The summed E-state index contributed by atoms with van der Waals surface area (Å²) < 4.78 is 0. The van der Waals surface area contributed by atoms with Gasteiger partial charge in [0.2, 0.25) is 0 Å². The number of nitrogens with one attached hydrogen (secondary N) is 2. The third-order valence-electron chi connectivity index (χ3n) is 3.70. The van der Waals surface area contributed by atoms with Gasteiger partial charge in [-0.1, -0.05) is 48.7 Å². The van der Waals surface area contributed by atoms with Crippen LogP contribution < -0.4 is 10.6 Å². The van der Waals surface area contributed by atoms with Crippen LogP contribution in [-0.4, -0.2) is 22.9 Å². The number of hydrogen-bond acceptors (Lipinski definition) is 5. The fourth-order valence-electron chi connectivity index (χ4n) is 2.38. The van der Waals surface area contributed by atoms with Crippen LogP contribution in [-0.2, 0) is 0 Å². The van der Waals surface area contributed by atoms with Gasteiger partial charge in [0.05, 0.1) is 16.3 Å². The monoisotopic (exact) mass is 370 g/mol. The minimum absolute atomic E-state index is 0.0811. The zero-order chi connectivity index (χ0) is 17.7. The summed E-state index contributed by atoms with van der Waals surface area (Å²) in [7, 11) is 0. The van der Waals surface area contributed by atoms with Crippen LogP contribution in [0.4, 0.5) is 11.4 Å². The third-order valence-corrected chi connectivity index (χ3v) is 4.58. The number of benzene rings is 1. The molecule has 0 saturated carbocycles. The number of rotatable bonds is 7. The van der Waals surface area contributed by atoms with Gasteiger partial charge in [0.1, 0.15) is 5.16 Å². The van der Waals surface area contributed by atoms with E-state index in [1.807, 2.05) is 36.1 Å². The Balaban J connectivity index is 2.39. The molecule has 0 amide bonds. The van der Waals surface area contributed by atoms with E-state index in [2.05, 4.69) is 17.6 Å². The Hall–Kier alpha value is -1.92. The summed E-state index contributed by atoms with van der Waals surface area (Å²) in [5.74, 6) is 0.218. The smallest absolute Gasteiger partial charge is 0.331 e. The van der Waals surface area contributed by atoms with Gasteiger partial charge in [-0.05, 0) is 25.5 Å². The number of para-hydroxylation sites is 2. The molecular formula is C16H20Cl2N4O2. The number of halogens is 2. The number of fused-ring (bicyclic) bond motifs is 1. The first-order chi connectivity index (χ1) is 11.5. The van der Waals surface area contributed by atoms with Crippen molar-refractivity contribution in [1.29, 1.82) is 0 Å². The highest BCUT2D eigenvalue weighted by Crippen LogP contribution is 2.35. The maximum Gasteiger partial charge on any atom is 0.331 e. The molecule has 0 saturated heterocycles. The first-order valence-corrected chi connectivity index (χ1v) is 8.57. The van der Waals surface area contributed by atoms with Gasteiger partial charge in [-0.15, -0.1) is 0 Å². The van der Waals surface area contributed by atoms with Gasteiger partial charge in [0, 0.05) is 13.1 Å². The molecule has 1 aromatic rings. The van der Waals surface area contributed by atoms with E-state index in [-0.39, 0.29) is 21.7 Å². The minimum Gasteiger partial charge on any atom is -0.361 e. The predicted molar refractivity (Wildman–Crippen MR) is 98.6 cm³/mol. The Morgan fingerprint density at radius 1 is 1.21 bits per heavy atom. The molecule has 0 unspecified atom stereocenters. The van der Waals surface area contributed by atoms with Gasteiger partial charge in [-0.3, -0.25) is 10.1 Å². The molecular weight excluding hydrogens is 351 g/mol. The summed E-state index contributed by atoms with van der Waals surface area (Å²) >= 11 is 12.6. The van der Waals surface area contributed by atoms with E-state index in [4.69, 9.17) is 23.2 Å². The molecule has 0 fully saturated rings. The molecule has 130 valence electrons. The van der Waals surface area contributed by atoms with Crippen LogP contribution in [0.3, 0.4) is 0 Å². The number of allylic oxidation sites excluding steroid dienone is 1. The molecule has 1 aromatic carbocycles. The summed E-state index contributed by atoms with van der Waals surface area (Å²) in [6.45, 7) is 5.32. The molecule has 1 aliphatic heterocycles. The number of nitro groups is 1. The highest BCUT2D eigenvalue weighted by atomic mass is 35.5. The summed E-state index contributed by atoms with van der Waals surface area (Å²) in [6.07, 6.45) is 1.93. The SMILES string of the molecule is CCCCN(CC)/C(Cl)=C(/Cl)C(=C1Nc2ccccc2N1)[N+](=O)[O-]. The molecule has 2 rings (SSSR count). The molecule has 0 atom stereocenters. The number of nitrogens with zero attached hydrogens (tertiary/aromatic N) is 2. The average Bonchev–Trinajstić information content (AvgIpc) is 2.98. The van der Waals surface area contributed by atoms with Crippen LogP contribution in [0, 0.1) is 10.1 Å². The van der Waals surface area contributed by atoms with Crippen molar-refractivity contribution < 1.29 is 4.92 Å². The van der Waals surface area contributed by atoms with Crippen LogP contribution in [0.15, 0.2) is 46.0 Å². The Morgan fingerprint density at radius 3 is 2.25 bits per heavy atom. The first-order valence-electron chi connectivity index (χ1n) is 7.81. The second-order valence-corrected chi connectivity index (χ2v) is 6.05. The van der Waals surface area contributed by atoms with Gasteiger partial charge < -0.3 is 15.5 Å². The predicted octanol–water partition coefficient (Wildman–Crippen LogP) is 4.74. The fraction of sp³-hybridized carbons (Fsp3) is 0.375. The first kappa shape index (κ1) is 18.4. The van der Waals surface area contributed by atoms with E-state index in [1.165, 1.54) is 0 Å². The Morgan fingerprint density at radius 2 is 1.79 bits per heavy atom. The normalized spacial score (nSPS) is 13.6. The summed E-state index contributed by atoms with van der Waals surface area (Å²) in [4.78, 5) is 12.9. The van der Waals surface area contributed by atoms with Crippen molar-refractivity contribution in [1.82, 2.24) is 4.90 Å². The third kappa shape index (κ3) is 3.94. The van der Waals surface area contributed by atoms with Crippen molar-refractivity contribution in [3.63, 3.8) is 0 Å². The van der Waals surface area contributed by atoms with Crippen LogP contribution >= 0.6 is 23.2 Å². The minimum atomic E-state index is -0.528. The number of hydrogen-bond donors (Lipinski definition) is 2. The lowest BCUT2D eigenvalue weighted by molar-refractivity contribution is -0.420. The lowest BCUT2D eigenvalue weighted by Crippen LogP contribution is -2.23. The molecule has 0 radical (unpaired) electrons. The van der Waals surface area contributed by atoms with Crippen LogP contribution in [0.1, 0.15) is 26.7 Å². The van der Waals surface area contributed by atoms with Gasteiger partial charge in [0.15, 0.2) is 10.9 Å². The highest BCUT2D eigenvalue weighted by molar-refractivity contribution is 6.40. The van der Waals surface area contributed by atoms with Crippen LogP contribution in [0.5, 0.6) is 0 Å². The highest BCUT2D eigenvalue weighted by Gasteiger charge is 2.30. The van der Waals surface area contributed by atoms with Gasteiger partial charge in [0.25, 0.3) is 0 Å². The lowest BCUT2D eigenvalue weighted by atomic mass is 10.3. The van der Waals surface area contributed by atoms with Crippen molar-refractivity contribution in [2.75, 3.05) is 23.7 Å². The van der Waals surface area contributed by atoms with E-state index in [1.54, 1.807) is 0 Å². The molecule has 1 heterocycles. The largest absolute Gasteiger partial charge is 0.361 e. The molecule has 0 aliphatic carbocycles. The molecule has 0 bridgehead atoms. The van der Waals surface area contributed by atoms with E-state index < -0.39 is 4.92 Å². The van der Waals surface area contributed by atoms with Crippen LogP contribution in [0.2, 0.25) is 0 Å². The quantitative estimate of drug-likeness (QED) is 0.412. The molecule has 8 heteroatoms. The molecule has 2 N–H and O–H groups in total.